The zero-order valence-corrected chi connectivity index (χ0v) is 55.8. The summed E-state index contributed by atoms with van der Waals surface area (Å²) >= 11 is 0. The molecule has 552 valence electrons. The average Bonchev–Trinajstić information content (AvgIpc) is 1.63. The number of nitrogens with one attached hydrogen (secondary N) is 4. The number of imidazole rings is 3. The molecule has 0 spiro atoms. The first-order valence-corrected chi connectivity index (χ1v) is 36.3. The number of aromatic amines is 4. The standard InChI is InChI=1S/C49H62N20O29P4/c1-18-9-66(49(77)64-41(18)72)32-7-22(27(93-32)13-88-101(82,83)96-21-6-31(65-3-2-29(50)57-48(65)76)92-26(21)12-87-100(80,81)95-20-5-33(90-24(20)10-70)68-16-55-36-39(68)59-46(52)62-43(36)74)97-102(84,85)89-14-28-23(8-34(94-28)69-17-56-37-40(69)60-47(53)63-44(37)75)98-99(78,79)86-11-25-19(71)4-30(91-25)67-15-54-35-38(67)58-45(51)61-42(35)73/h2-3,9,15-17,19-28,30-34,70-71H,4-8,10-14H2,1H3,(H,78,79)(H,80,81)(H,82,83)(H,84,85)(H2,50,57,76)(H,64,72,77)(H3,51,58,61,73)(H3,52,59,62,74)(H3,53,60,63,75)/t19-,20-,21-,22-,23-,24+,25+,26+,27+,28+,30+,31+,32+,33+,34+/m0/s1. The maximum atomic E-state index is 14.2. The highest BCUT2D eigenvalue weighted by Crippen LogP contribution is 2.55. The van der Waals surface area contributed by atoms with Gasteiger partial charge in [0.1, 0.15) is 91.9 Å². The third-order valence-corrected chi connectivity index (χ3v) is 20.7. The summed E-state index contributed by atoms with van der Waals surface area (Å²) in [5.74, 6) is -1.05. The number of H-pyrrole nitrogens is 4. The van der Waals surface area contributed by atoms with E-state index in [1.807, 2.05) is 0 Å². The molecule has 4 unspecified atom stereocenters. The molecule has 102 heavy (non-hydrogen) atoms. The molecule has 0 bridgehead atoms. The minimum atomic E-state index is -5.56. The van der Waals surface area contributed by atoms with Gasteiger partial charge in [-0.1, -0.05) is 0 Å². The number of hydrogen-bond donors (Lipinski definition) is 14. The molecule has 5 fully saturated rings. The molecule has 18 N–H and O–H groups in total. The number of rotatable bonds is 26. The van der Waals surface area contributed by atoms with Crippen molar-refractivity contribution < 1.29 is 108 Å². The van der Waals surface area contributed by atoms with Crippen LogP contribution >= 0.6 is 31.3 Å². The predicted molar refractivity (Wildman–Crippen MR) is 335 cm³/mol. The van der Waals surface area contributed by atoms with E-state index in [9.17, 15) is 76.8 Å². The first-order chi connectivity index (χ1) is 48.3. The number of phosphoric acid groups is 4. The van der Waals surface area contributed by atoms with E-state index in [0.717, 1.165) is 27.9 Å². The second-order valence-electron chi connectivity index (χ2n) is 23.6. The molecular weight excluding hydrogens is 1460 g/mol. The van der Waals surface area contributed by atoms with Gasteiger partial charge in [0, 0.05) is 50.1 Å². The van der Waals surface area contributed by atoms with E-state index >= 15 is 0 Å². The summed E-state index contributed by atoms with van der Waals surface area (Å²) in [5, 5.41) is 21.2. The Labute approximate surface area is 564 Å². The molecule has 0 aliphatic carbocycles. The van der Waals surface area contributed by atoms with Gasteiger partial charge in [-0.3, -0.25) is 98.1 Å². The minimum Gasteiger partial charge on any atom is -0.394 e. The lowest BCUT2D eigenvalue weighted by Gasteiger charge is -2.25. The molecule has 49 nitrogen and oxygen atoms in total. The molecule has 0 radical (unpaired) electrons. The number of ether oxygens (including phenoxy) is 5. The number of aliphatic hydroxyl groups excluding tert-OH is 2. The molecule has 19 atom stereocenters. The van der Waals surface area contributed by atoms with E-state index in [4.69, 9.17) is 82.8 Å². The Morgan fingerprint density at radius 2 is 0.824 bits per heavy atom. The first-order valence-electron chi connectivity index (χ1n) is 30.3. The minimum absolute atomic E-state index is 0.00398. The zero-order valence-electron chi connectivity index (χ0n) is 52.2. The van der Waals surface area contributed by atoms with Gasteiger partial charge < -0.3 is 76.4 Å². The summed E-state index contributed by atoms with van der Waals surface area (Å²) in [6.07, 6.45) is -18.1. The van der Waals surface area contributed by atoms with Crippen LogP contribution in [0.15, 0.2) is 66.2 Å². The van der Waals surface area contributed by atoms with Crippen molar-refractivity contribution in [3.05, 3.63) is 105 Å². The number of anilines is 4. The third kappa shape index (κ3) is 15.4. The molecule has 0 amide bonds. The number of aromatic nitrogens is 16. The van der Waals surface area contributed by atoms with Gasteiger partial charge in [0.05, 0.1) is 58.1 Å². The smallest absolute Gasteiger partial charge is 0.394 e. The third-order valence-electron chi connectivity index (χ3n) is 16.7. The van der Waals surface area contributed by atoms with E-state index < -0.39 is 209 Å². The van der Waals surface area contributed by atoms with Gasteiger partial charge in [0.2, 0.25) is 17.8 Å². The van der Waals surface area contributed by atoms with E-state index in [0.29, 0.717) is 0 Å². The number of hydrogen-bond acceptors (Lipinski definition) is 36. The summed E-state index contributed by atoms with van der Waals surface area (Å²) in [5.41, 5.74) is 17.4. The van der Waals surface area contributed by atoms with Gasteiger partial charge in [0.25, 0.3) is 22.2 Å². The van der Waals surface area contributed by atoms with E-state index in [2.05, 4.69) is 54.8 Å². The molecular formula is C49H62N20O29P4. The van der Waals surface area contributed by atoms with E-state index in [-0.39, 0.29) is 75.6 Å². The van der Waals surface area contributed by atoms with Crippen LogP contribution in [0.1, 0.15) is 68.8 Å². The number of aliphatic hydroxyl groups is 2. The summed E-state index contributed by atoms with van der Waals surface area (Å²) in [6.45, 7) is -3.38. The molecule has 8 aromatic heterocycles. The number of nitrogens with zero attached hydrogens (tertiary/aromatic N) is 12. The SMILES string of the molecule is Cc1cn([C@H]2C[C@H](OP(=O)(O)OC[C@H]3O[C@@H](n4cnc5c(=O)[nH]c(N)nc54)C[C@@H]3OP(=O)(O)OC[C@H]3O[C@@H](n4cnc5c(=O)[nH]c(N)nc54)C[C@@H]3O)[C@@H](COP(=O)(O)O[C@H]3C[C@H](n4ccc(N)nc4=O)O[C@@H]3COP(=O)(O)O[C@H]3C[C@H](n4cnc5c(=O)[nH]c(N)nc54)O[C@@H]3CO)O2)c(=O)[nH]c1=O. The Morgan fingerprint density at radius 1 is 0.480 bits per heavy atom. The summed E-state index contributed by atoms with van der Waals surface area (Å²) in [7, 11) is -21.7. The molecule has 8 aromatic rings. The van der Waals surface area contributed by atoms with Crippen molar-refractivity contribution in [3.8, 4) is 0 Å². The molecule has 13 rings (SSSR count). The maximum Gasteiger partial charge on any atom is 0.472 e. The fourth-order valence-corrected chi connectivity index (χ4v) is 15.8. The fraction of sp³-hybridized carbons (Fsp3) is 0.531. The molecule has 13 heterocycles. The maximum absolute atomic E-state index is 14.2. The fourth-order valence-electron chi connectivity index (χ4n) is 12.0. The Balaban J connectivity index is 0.695. The van der Waals surface area contributed by atoms with Crippen LogP contribution in [0.5, 0.6) is 0 Å². The topological polar surface area (TPSA) is 694 Å². The Bertz CT molecular complexity index is 5100. The second kappa shape index (κ2) is 28.2. The van der Waals surface area contributed by atoms with Crippen molar-refractivity contribution in [1.29, 1.82) is 0 Å². The van der Waals surface area contributed by atoms with Crippen molar-refractivity contribution in [3.63, 3.8) is 0 Å². The van der Waals surface area contributed by atoms with Crippen LogP contribution in [-0.4, -0.2) is 202 Å². The second-order valence-corrected chi connectivity index (χ2v) is 29.2. The van der Waals surface area contributed by atoms with Crippen LogP contribution in [0, 0.1) is 6.92 Å². The molecule has 5 aliphatic heterocycles. The molecule has 5 aliphatic rings. The van der Waals surface area contributed by atoms with Crippen LogP contribution in [0.4, 0.5) is 23.7 Å². The van der Waals surface area contributed by atoms with Gasteiger partial charge in [0.15, 0.2) is 33.5 Å². The van der Waals surface area contributed by atoms with Crippen LogP contribution in [0.2, 0.25) is 0 Å². The van der Waals surface area contributed by atoms with Crippen molar-refractivity contribution in [1.82, 2.24) is 77.7 Å². The lowest BCUT2D eigenvalue weighted by atomic mass is 10.2. The van der Waals surface area contributed by atoms with Crippen LogP contribution in [-0.2, 0) is 78.1 Å². The number of phosphoric ester groups is 4. The van der Waals surface area contributed by atoms with Gasteiger partial charge in [-0.25, -0.2) is 42.8 Å². The largest absolute Gasteiger partial charge is 0.472 e. The van der Waals surface area contributed by atoms with Crippen LogP contribution in [0.3, 0.4) is 0 Å². The highest BCUT2D eigenvalue weighted by Gasteiger charge is 2.50. The van der Waals surface area contributed by atoms with Crippen molar-refractivity contribution in [2.24, 2.45) is 0 Å². The van der Waals surface area contributed by atoms with E-state index in [1.54, 1.807) is 0 Å². The summed E-state index contributed by atoms with van der Waals surface area (Å²) in [6, 6.07) is 1.21. The van der Waals surface area contributed by atoms with E-state index in [1.165, 1.54) is 39.3 Å². The zero-order chi connectivity index (χ0) is 72.6. The molecule has 0 aromatic carbocycles. The van der Waals surface area contributed by atoms with Gasteiger partial charge >= 0.3 is 42.7 Å². The van der Waals surface area contributed by atoms with Crippen LogP contribution in [0.25, 0.3) is 33.5 Å². The lowest BCUT2D eigenvalue weighted by Crippen LogP contribution is -2.33. The van der Waals surface area contributed by atoms with Crippen molar-refractivity contribution in [2.75, 3.05) is 56.0 Å². The van der Waals surface area contributed by atoms with Gasteiger partial charge in [-0.05, 0) is 13.0 Å². The Morgan fingerprint density at radius 3 is 1.22 bits per heavy atom. The van der Waals surface area contributed by atoms with Gasteiger partial charge in [-0.2, -0.15) is 19.9 Å². The monoisotopic (exact) mass is 1520 g/mol. The van der Waals surface area contributed by atoms with Gasteiger partial charge in [-0.15, -0.1) is 0 Å². The molecule has 5 saturated heterocycles. The van der Waals surface area contributed by atoms with Crippen LogP contribution < -0.4 is 56.6 Å². The first kappa shape index (κ1) is 72.3. The quantitative estimate of drug-likeness (QED) is 0.0235. The molecule has 53 heteroatoms. The lowest BCUT2D eigenvalue weighted by molar-refractivity contribution is -0.0643. The predicted octanol–water partition coefficient (Wildman–Crippen LogP) is -3.37. The average molecular weight is 1520 g/mol. The number of nitrogen functional groups attached to an aromatic ring is 4. The Kier molecular flexibility index (Phi) is 20.0. The van der Waals surface area contributed by atoms with Crippen molar-refractivity contribution in [2.45, 2.75) is 131 Å². The highest BCUT2D eigenvalue weighted by molar-refractivity contribution is 7.48. The summed E-state index contributed by atoms with van der Waals surface area (Å²) < 4.78 is 135. The normalized spacial score (nSPS) is 29.2. The highest BCUT2D eigenvalue weighted by atomic mass is 31.2. The Hall–Kier alpha value is -8.03. The number of fused-ring (bicyclic) bond motifs is 3. The number of aryl methyl sites for hydroxylation is 1. The van der Waals surface area contributed by atoms with Crippen molar-refractivity contribution >= 4 is 88.4 Å². The molecule has 0 saturated carbocycles. The number of nitrogens with two attached hydrogens (primary N) is 4. The summed E-state index contributed by atoms with van der Waals surface area (Å²) in [4.78, 5) is 158.